The van der Waals surface area contributed by atoms with Gasteiger partial charge in [-0.3, -0.25) is 0 Å². The van der Waals surface area contributed by atoms with E-state index in [0.29, 0.717) is 17.5 Å². The van der Waals surface area contributed by atoms with Crippen LogP contribution >= 0.6 is 11.6 Å². The second-order valence-electron chi connectivity index (χ2n) is 3.64. The summed E-state index contributed by atoms with van der Waals surface area (Å²) < 4.78 is 0. The molecule has 3 N–H and O–H groups in total. The van der Waals surface area contributed by atoms with Gasteiger partial charge in [-0.25, -0.2) is 0 Å². The monoisotopic (exact) mass is 213 g/mol. The SMILES string of the molecule is Cc1cc(Cl)c(O)cc1C(C)CCN. The third-order valence-electron chi connectivity index (χ3n) is 2.47. The van der Waals surface area contributed by atoms with Crippen molar-refractivity contribution >= 4 is 11.6 Å². The van der Waals surface area contributed by atoms with Crippen LogP contribution in [0, 0.1) is 6.92 Å². The lowest BCUT2D eigenvalue weighted by molar-refractivity contribution is 0.473. The molecule has 0 radical (unpaired) electrons. The van der Waals surface area contributed by atoms with Gasteiger partial charge in [0.15, 0.2) is 0 Å². The molecule has 0 aliphatic heterocycles. The van der Waals surface area contributed by atoms with Gasteiger partial charge in [0.25, 0.3) is 0 Å². The zero-order valence-corrected chi connectivity index (χ0v) is 9.30. The minimum atomic E-state index is 0.149. The molecular formula is C11H16ClNO. The van der Waals surface area contributed by atoms with E-state index in [1.54, 1.807) is 12.1 Å². The Morgan fingerprint density at radius 2 is 2.14 bits per heavy atom. The van der Waals surface area contributed by atoms with Crippen LogP contribution in [0.15, 0.2) is 12.1 Å². The molecular weight excluding hydrogens is 198 g/mol. The van der Waals surface area contributed by atoms with Gasteiger partial charge in [-0.05, 0) is 49.1 Å². The Morgan fingerprint density at radius 3 is 2.71 bits per heavy atom. The number of hydrogen-bond acceptors (Lipinski definition) is 2. The second-order valence-corrected chi connectivity index (χ2v) is 4.05. The molecule has 0 saturated carbocycles. The van der Waals surface area contributed by atoms with Crippen LogP contribution in [-0.4, -0.2) is 11.7 Å². The van der Waals surface area contributed by atoms with Crippen LogP contribution in [0.4, 0.5) is 0 Å². The van der Waals surface area contributed by atoms with Crippen LogP contribution in [-0.2, 0) is 0 Å². The molecule has 1 aromatic carbocycles. The van der Waals surface area contributed by atoms with Crippen LogP contribution in [0.2, 0.25) is 5.02 Å². The van der Waals surface area contributed by atoms with Crippen LogP contribution in [0.25, 0.3) is 0 Å². The number of aromatic hydroxyl groups is 1. The minimum absolute atomic E-state index is 0.149. The van der Waals surface area contributed by atoms with Crippen LogP contribution in [0.3, 0.4) is 0 Å². The summed E-state index contributed by atoms with van der Waals surface area (Å²) in [6.07, 6.45) is 0.919. The van der Waals surface area contributed by atoms with Gasteiger partial charge in [0, 0.05) is 0 Å². The molecule has 0 spiro atoms. The highest BCUT2D eigenvalue weighted by molar-refractivity contribution is 6.32. The molecule has 1 rings (SSSR count). The lowest BCUT2D eigenvalue weighted by atomic mass is 9.93. The Balaban J connectivity index is 3.02. The Bertz CT molecular complexity index is 325. The average Bonchev–Trinajstić information content (AvgIpc) is 2.11. The Hall–Kier alpha value is -0.730. The molecule has 14 heavy (non-hydrogen) atoms. The van der Waals surface area contributed by atoms with Crippen molar-refractivity contribution in [2.75, 3.05) is 6.54 Å². The average molecular weight is 214 g/mol. The third-order valence-corrected chi connectivity index (χ3v) is 2.77. The largest absolute Gasteiger partial charge is 0.506 e. The van der Waals surface area contributed by atoms with Crippen molar-refractivity contribution in [2.45, 2.75) is 26.2 Å². The highest BCUT2D eigenvalue weighted by atomic mass is 35.5. The number of aryl methyl sites for hydroxylation is 1. The molecule has 0 aromatic heterocycles. The maximum atomic E-state index is 9.48. The van der Waals surface area contributed by atoms with Crippen molar-refractivity contribution in [2.24, 2.45) is 5.73 Å². The Kier molecular flexibility index (Phi) is 3.78. The van der Waals surface area contributed by atoms with Gasteiger partial charge < -0.3 is 10.8 Å². The van der Waals surface area contributed by atoms with E-state index in [-0.39, 0.29) is 5.75 Å². The van der Waals surface area contributed by atoms with Crippen LogP contribution in [0.5, 0.6) is 5.75 Å². The summed E-state index contributed by atoms with van der Waals surface area (Å²) in [7, 11) is 0. The van der Waals surface area contributed by atoms with E-state index in [0.717, 1.165) is 17.5 Å². The number of benzene rings is 1. The molecule has 0 heterocycles. The number of phenols is 1. The first kappa shape index (κ1) is 11.3. The molecule has 1 unspecified atom stereocenters. The van der Waals surface area contributed by atoms with E-state index in [9.17, 15) is 5.11 Å². The molecule has 3 heteroatoms. The van der Waals surface area contributed by atoms with E-state index in [2.05, 4.69) is 6.92 Å². The molecule has 1 atom stereocenters. The van der Waals surface area contributed by atoms with Gasteiger partial charge in [-0.15, -0.1) is 0 Å². The smallest absolute Gasteiger partial charge is 0.134 e. The van der Waals surface area contributed by atoms with Crippen LogP contribution < -0.4 is 5.73 Å². The van der Waals surface area contributed by atoms with Gasteiger partial charge in [0.1, 0.15) is 5.75 Å². The number of halogens is 1. The van der Waals surface area contributed by atoms with Gasteiger partial charge in [-0.1, -0.05) is 18.5 Å². The van der Waals surface area contributed by atoms with E-state index >= 15 is 0 Å². The summed E-state index contributed by atoms with van der Waals surface area (Å²) in [6.45, 7) is 4.75. The molecule has 1 aromatic rings. The quantitative estimate of drug-likeness (QED) is 0.811. The van der Waals surface area contributed by atoms with Crippen molar-refractivity contribution in [1.29, 1.82) is 0 Å². The lowest BCUT2D eigenvalue weighted by Crippen LogP contribution is -2.05. The highest BCUT2D eigenvalue weighted by Crippen LogP contribution is 2.31. The topological polar surface area (TPSA) is 46.2 Å². The van der Waals surface area contributed by atoms with Gasteiger partial charge >= 0.3 is 0 Å². The maximum absolute atomic E-state index is 9.48. The van der Waals surface area contributed by atoms with E-state index in [4.69, 9.17) is 17.3 Å². The second kappa shape index (κ2) is 4.67. The van der Waals surface area contributed by atoms with E-state index in [1.807, 2.05) is 6.92 Å². The van der Waals surface area contributed by atoms with Gasteiger partial charge in [-0.2, -0.15) is 0 Å². The van der Waals surface area contributed by atoms with Crippen molar-refractivity contribution in [1.82, 2.24) is 0 Å². The molecule has 0 saturated heterocycles. The lowest BCUT2D eigenvalue weighted by Gasteiger charge is -2.14. The molecule has 0 aliphatic carbocycles. The van der Waals surface area contributed by atoms with Crippen LogP contribution in [0.1, 0.15) is 30.4 Å². The summed E-state index contributed by atoms with van der Waals surface area (Å²) in [5.74, 6) is 0.513. The number of nitrogens with two attached hydrogens (primary N) is 1. The summed E-state index contributed by atoms with van der Waals surface area (Å²) in [4.78, 5) is 0. The normalized spacial score (nSPS) is 12.9. The van der Waals surface area contributed by atoms with Crippen molar-refractivity contribution in [3.8, 4) is 5.75 Å². The Labute approximate surface area is 89.7 Å². The molecule has 0 amide bonds. The zero-order chi connectivity index (χ0) is 10.7. The summed E-state index contributed by atoms with van der Waals surface area (Å²) >= 11 is 5.79. The van der Waals surface area contributed by atoms with Crippen molar-refractivity contribution < 1.29 is 5.11 Å². The predicted octanol–water partition coefficient (Wildman–Crippen LogP) is 2.81. The van der Waals surface area contributed by atoms with Crippen molar-refractivity contribution in [3.63, 3.8) is 0 Å². The number of phenolic OH excluding ortho intramolecular Hbond substituents is 1. The fourth-order valence-corrected chi connectivity index (χ4v) is 1.83. The Morgan fingerprint density at radius 1 is 1.50 bits per heavy atom. The highest BCUT2D eigenvalue weighted by Gasteiger charge is 2.10. The first-order valence-corrected chi connectivity index (χ1v) is 5.13. The van der Waals surface area contributed by atoms with E-state index in [1.165, 1.54) is 0 Å². The first-order valence-electron chi connectivity index (χ1n) is 4.75. The predicted molar refractivity (Wildman–Crippen MR) is 59.9 cm³/mol. The maximum Gasteiger partial charge on any atom is 0.134 e. The number of rotatable bonds is 3. The summed E-state index contributed by atoms with van der Waals surface area (Å²) in [5.41, 5.74) is 7.72. The molecule has 0 aliphatic rings. The van der Waals surface area contributed by atoms with Gasteiger partial charge in [0.2, 0.25) is 0 Å². The summed E-state index contributed by atoms with van der Waals surface area (Å²) in [6, 6.07) is 3.53. The standard InChI is InChI=1S/C11H16ClNO/c1-7(3-4-13)9-6-11(14)10(12)5-8(9)2/h5-7,14H,3-4,13H2,1-2H3. The van der Waals surface area contributed by atoms with E-state index < -0.39 is 0 Å². The molecule has 78 valence electrons. The summed E-state index contributed by atoms with van der Waals surface area (Å²) in [5, 5.41) is 9.89. The molecule has 0 fully saturated rings. The number of hydrogen-bond donors (Lipinski definition) is 2. The molecule has 2 nitrogen and oxygen atoms in total. The first-order chi connectivity index (χ1) is 6.56. The minimum Gasteiger partial charge on any atom is -0.506 e. The van der Waals surface area contributed by atoms with Gasteiger partial charge in [0.05, 0.1) is 5.02 Å². The fraction of sp³-hybridized carbons (Fsp3) is 0.455. The zero-order valence-electron chi connectivity index (χ0n) is 8.55. The third kappa shape index (κ3) is 2.40. The fourth-order valence-electron chi connectivity index (χ4n) is 1.61. The van der Waals surface area contributed by atoms with Crippen molar-refractivity contribution in [3.05, 3.63) is 28.3 Å². The molecule has 0 bridgehead atoms.